The van der Waals surface area contributed by atoms with Crippen molar-refractivity contribution in [1.29, 1.82) is 0 Å². The Morgan fingerprint density at radius 2 is 1.81 bits per heavy atom. The van der Waals surface area contributed by atoms with Gasteiger partial charge in [-0.25, -0.2) is 0 Å². The number of methoxy groups -OCH3 is 1. The Morgan fingerprint density at radius 1 is 1.06 bits per heavy atom. The van der Waals surface area contributed by atoms with Gasteiger partial charge in [-0.2, -0.15) is 0 Å². The van der Waals surface area contributed by atoms with Crippen LogP contribution in [0.2, 0.25) is 0 Å². The van der Waals surface area contributed by atoms with Crippen LogP contribution in [0.1, 0.15) is 31.2 Å². The molecule has 1 aliphatic carbocycles. The van der Waals surface area contributed by atoms with Gasteiger partial charge in [-0.05, 0) is 43.9 Å². The molecule has 1 amide bonds. The molecule has 168 valence electrons. The van der Waals surface area contributed by atoms with E-state index in [0.717, 1.165) is 35.6 Å². The number of guanidine groups is 1. The van der Waals surface area contributed by atoms with Crippen LogP contribution in [0, 0.1) is 0 Å². The lowest BCUT2D eigenvalue weighted by atomic mass is 10.1. The molecule has 0 spiro atoms. The normalized spacial score (nSPS) is 13.8. The number of aliphatic imine (C=N–C) groups is 1. The van der Waals surface area contributed by atoms with E-state index in [0.29, 0.717) is 12.5 Å². The van der Waals surface area contributed by atoms with Crippen molar-refractivity contribution in [2.45, 2.75) is 38.3 Å². The van der Waals surface area contributed by atoms with Crippen molar-refractivity contribution in [2.75, 3.05) is 26.0 Å². The van der Waals surface area contributed by atoms with Gasteiger partial charge in [-0.1, -0.05) is 30.3 Å². The molecule has 1 aliphatic rings. The molecular formula is C23H31IN4O3. The molecule has 1 fully saturated rings. The molecule has 8 heteroatoms. The number of halogens is 1. The van der Waals surface area contributed by atoms with Gasteiger partial charge in [-0.15, -0.1) is 24.0 Å². The minimum atomic E-state index is -0.143. The van der Waals surface area contributed by atoms with Crippen molar-refractivity contribution < 1.29 is 14.3 Å². The minimum Gasteiger partial charge on any atom is -0.493 e. The largest absolute Gasteiger partial charge is 0.493 e. The van der Waals surface area contributed by atoms with Gasteiger partial charge in [0.25, 0.3) is 0 Å². The van der Waals surface area contributed by atoms with Gasteiger partial charge < -0.3 is 25.4 Å². The maximum atomic E-state index is 12.1. The minimum absolute atomic E-state index is 0. The van der Waals surface area contributed by atoms with Crippen LogP contribution in [0.5, 0.6) is 11.5 Å². The predicted molar refractivity (Wildman–Crippen MR) is 135 cm³/mol. The summed E-state index contributed by atoms with van der Waals surface area (Å²) < 4.78 is 11.8. The number of carbonyl (C=O) groups is 1. The molecule has 0 heterocycles. The number of carbonyl (C=O) groups excluding carboxylic acids is 1. The lowest BCUT2D eigenvalue weighted by molar-refractivity contribution is -0.115. The zero-order chi connectivity index (χ0) is 21.2. The third-order valence-corrected chi connectivity index (χ3v) is 5.01. The Kier molecular flexibility index (Phi) is 10.4. The first kappa shape index (κ1) is 24.8. The summed E-state index contributed by atoms with van der Waals surface area (Å²) >= 11 is 0. The summed E-state index contributed by atoms with van der Waals surface area (Å²) in [6, 6.07) is 15.2. The van der Waals surface area contributed by atoms with Gasteiger partial charge in [0.15, 0.2) is 17.5 Å². The highest BCUT2D eigenvalue weighted by Gasteiger charge is 2.20. The summed E-state index contributed by atoms with van der Waals surface area (Å²) in [4.78, 5) is 16.3. The molecule has 0 saturated heterocycles. The van der Waals surface area contributed by atoms with Crippen LogP contribution in [0.25, 0.3) is 0 Å². The first-order valence-corrected chi connectivity index (χ1v) is 10.3. The molecule has 1 saturated carbocycles. The Hall–Kier alpha value is -2.49. The number of ether oxygens (including phenoxy) is 2. The molecule has 0 radical (unpaired) electrons. The number of nitrogens with one attached hydrogen (secondary N) is 3. The fourth-order valence-electron chi connectivity index (χ4n) is 3.46. The number of rotatable bonds is 8. The Balaban J connectivity index is 0.00000341. The highest BCUT2D eigenvalue weighted by atomic mass is 127. The molecule has 0 unspecified atom stereocenters. The summed E-state index contributed by atoms with van der Waals surface area (Å²) in [6.07, 6.45) is 4.79. The first-order chi connectivity index (χ1) is 14.7. The van der Waals surface area contributed by atoms with Gasteiger partial charge in [0, 0.05) is 24.8 Å². The smallest absolute Gasteiger partial charge is 0.243 e. The molecule has 31 heavy (non-hydrogen) atoms. The molecule has 0 atom stereocenters. The molecule has 7 nitrogen and oxygen atoms in total. The molecule has 3 rings (SSSR count). The van der Waals surface area contributed by atoms with Crippen LogP contribution >= 0.6 is 24.0 Å². The van der Waals surface area contributed by atoms with Crippen molar-refractivity contribution in [3.8, 4) is 11.5 Å². The van der Waals surface area contributed by atoms with Crippen molar-refractivity contribution in [3.05, 3.63) is 54.1 Å². The topological polar surface area (TPSA) is 84.0 Å². The number of para-hydroxylation sites is 2. The standard InChI is InChI=1S/C23H30N4O3.HI/c1-24-23(26-16-21(28)27-18-10-4-3-5-11-18)25-15-17-9-8-14-20(29-2)22(17)30-19-12-6-7-13-19;/h3-5,8-11,14,19H,6-7,12-13,15-16H2,1-2H3,(H,27,28)(H2,24,25,26);1H. The number of anilines is 1. The highest BCUT2D eigenvalue weighted by molar-refractivity contribution is 14.0. The molecule has 0 bridgehead atoms. The van der Waals surface area contributed by atoms with E-state index < -0.39 is 0 Å². The number of nitrogens with zero attached hydrogens (tertiary/aromatic N) is 1. The van der Waals surface area contributed by atoms with Crippen molar-refractivity contribution >= 4 is 41.5 Å². The van der Waals surface area contributed by atoms with Gasteiger partial charge in [0.1, 0.15) is 0 Å². The van der Waals surface area contributed by atoms with E-state index in [1.165, 1.54) is 12.8 Å². The van der Waals surface area contributed by atoms with Crippen LogP contribution in [0.3, 0.4) is 0 Å². The van der Waals surface area contributed by atoms with Crippen molar-refractivity contribution in [2.24, 2.45) is 4.99 Å². The second-order valence-corrected chi connectivity index (χ2v) is 7.17. The molecule has 0 aromatic heterocycles. The van der Waals surface area contributed by atoms with Crippen LogP contribution in [-0.4, -0.2) is 38.7 Å². The van der Waals surface area contributed by atoms with Gasteiger partial charge in [0.05, 0.1) is 19.8 Å². The zero-order valence-electron chi connectivity index (χ0n) is 18.0. The fourth-order valence-corrected chi connectivity index (χ4v) is 3.46. The Bertz CT molecular complexity index is 855. The lowest BCUT2D eigenvalue weighted by Crippen LogP contribution is -2.41. The first-order valence-electron chi connectivity index (χ1n) is 10.3. The number of hydrogen-bond donors (Lipinski definition) is 3. The molecular weight excluding hydrogens is 507 g/mol. The van der Waals surface area contributed by atoms with Crippen molar-refractivity contribution in [1.82, 2.24) is 10.6 Å². The molecule has 2 aromatic rings. The van der Waals surface area contributed by atoms with E-state index in [1.807, 2.05) is 48.5 Å². The summed E-state index contributed by atoms with van der Waals surface area (Å²) in [5, 5.41) is 9.12. The second-order valence-electron chi connectivity index (χ2n) is 7.17. The second kappa shape index (κ2) is 13.0. The van der Waals surface area contributed by atoms with Crippen molar-refractivity contribution in [3.63, 3.8) is 0 Å². The van der Waals surface area contributed by atoms with Crippen LogP contribution in [0.4, 0.5) is 5.69 Å². The highest BCUT2D eigenvalue weighted by Crippen LogP contribution is 2.34. The third kappa shape index (κ3) is 7.61. The summed E-state index contributed by atoms with van der Waals surface area (Å²) in [5.74, 6) is 1.90. The van der Waals surface area contributed by atoms with Crippen LogP contribution in [0.15, 0.2) is 53.5 Å². The summed E-state index contributed by atoms with van der Waals surface area (Å²) in [7, 11) is 3.33. The SMILES string of the molecule is CN=C(NCC(=O)Nc1ccccc1)NCc1cccc(OC)c1OC1CCCC1.I. The Labute approximate surface area is 201 Å². The fraction of sp³-hybridized carbons (Fsp3) is 0.391. The van der Waals surface area contributed by atoms with Gasteiger partial charge in [-0.3, -0.25) is 9.79 Å². The van der Waals surface area contributed by atoms with Gasteiger partial charge >= 0.3 is 0 Å². The summed E-state index contributed by atoms with van der Waals surface area (Å²) in [6.45, 7) is 0.608. The number of amides is 1. The zero-order valence-corrected chi connectivity index (χ0v) is 20.3. The van der Waals surface area contributed by atoms with E-state index >= 15 is 0 Å². The maximum absolute atomic E-state index is 12.1. The quantitative estimate of drug-likeness (QED) is 0.270. The third-order valence-electron chi connectivity index (χ3n) is 5.01. The van der Waals surface area contributed by atoms with E-state index in [4.69, 9.17) is 9.47 Å². The average Bonchev–Trinajstić information content (AvgIpc) is 3.28. The maximum Gasteiger partial charge on any atom is 0.243 e. The predicted octanol–water partition coefficient (Wildman–Crippen LogP) is 3.94. The monoisotopic (exact) mass is 538 g/mol. The number of hydrogen-bond acceptors (Lipinski definition) is 4. The summed E-state index contributed by atoms with van der Waals surface area (Å²) in [5.41, 5.74) is 1.75. The van der Waals surface area contributed by atoms with E-state index in [2.05, 4.69) is 20.9 Å². The number of benzene rings is 2. The average molecular weight is 538 g/mol. The van der Waals surface area contributed by atoms with E-state index in [1.54, 1.807) is 14.2 Å². The van der Waals surface area contributed by atoms with Crippen LogP contribution in [-0.2, 0) is 11.3 Å². The van der Waals surface area contributed by atoms with Crippen LogP contribution < -0.4 is 25.4 Å². The lowest BCUT2D eigenvalue weighted by Gasteiger charge is -2.20. The van der Waals surface area contributed by atoms with E-state index in [-0.39, 0.29) is 42.5 Å². The Morgan fingerprint density at radius 3 is 2.48 bits per heavy atom. The molecule has 0 aliphatic heterocycles. The van der Waals surface area contributed by atoms with Gasteiger partial charge in [0.2, 0.25) is 5.91 Å². The van der Waals surface area contributed by atoms with E-state index in [9.17, 15) is 4.79 Å². The molecule has 3 N–H and O–H groups in total. The molecule has 2 aromatic carbocycles.